The fourth-order valence-corrected chi connectivity index (χ4v) is 3.91. The molecule has 6 nitrogen and oxygen atoms in total. The standard InChI is InChI=1S/C16H10Cl2F6O6S2/c1-8(11-4-2-9(6-13(11)17)29-31(25,26)15(19,20)21)12-5-3-10(7-14(12)18)30-32(27,28)16(22,23)24/h2-8H,1H3. The Morgan fingerprint density at radius 2 is 1.03 bits per heavy atom. The monoisotopic (exact) mass is 546 g/mol. The predicted molar refractivity (Wildman–Crippen MR) is 102 cm³/mol. The van der Waals surface area contributed by atoms with E-state index in [1.807, 2.05) is 0 Å². The van der Waals surface area contributed by atoms with E-state index in [2.05, 4.69) is 8.37 Å². The van der Waals surface area contributed by atoms with Crippen molar-refractivity contribution < 1.29 is 51.5 Å². The lowest BCUT2D eigenvalue weighted by Gasteiger charge is -2.18. The Balaban J connectivity index is 2.31. The van der Waals surface area contributed by atoms with Gasteiger partial charge in [0.15, 0.2) is 0 Å². The summed E-state index contributed by atoms with van der Waals surface area (Å²) in [6.45, 7) is 1.52. The summed E-state index contributed by atoms with van der Waals surface area (Å²) in [7, 11) is -11.8. The highest BCUT2D eigenvalue weighted by molar-refractivity contribution is 7.88. The van der Waals surface area contributed by atoms with Crippen LogP contribution in [0.15, 0.2) is 36.4 Å². The summed E-state index contributed by atoms with van der Waals surface area (Å²) in [5.41, 5.74) is -10.8. The van der Waals surface area contributed by atoms with Crippen molar-refractivity contribution in [2.24, 2.45) is 0 Å². The van der Waals surface area contributed by atoms with Gasteiger partial charge in [-0.05, 0) is 23.3 Å². The summed E-state index contributed by atoms with van der Waals surface area (Å²) in [5.74, 6) is -2.14. The molecule has 32 heavy (non-hydrogen) atoms. The Morgan fingerprint density at radius 1 is 0.719 bits per heavy atom. The van der Waals surface area contributed by atoms with Crippen LogP contribution in [-0.2, 0) is 20.2 Å². The maximum Gasteiger partial charge on any atom is 0.534 e. The van der Waals surface area contributed by atoms with Crippen LogP contribution >= 0.6 is 23.2 Å². The summed E-state index contributed by atoms with van der Waals surface area (Å²) in [5, 5.41) is -0.410. The van der Waals surface area contributed by atoms with Gasteiger partial charge in [0.25, 0.3) is 0 Å². The van der Waals surface area contributed by atoms with Gasteiger partial charge in [0.1, 0.15) is 11.5 Å². The van der Waals surface area contributed by atoms with E-state index in [4.69, 9.17) is 23.2 Å². The number of hydrogen-bond donors (Lipinski definition) is 0. The van der Waals surface area contributed by atoms with Gasteiger partial charge in [-0.25, -0.2) is 0 Å². The first kappa shape index (κ1) is 26.4. The molecule has 0 spiro atoms. The van der Waals surface area contributed by atoms with Crippen LogP contribution in [0.5, 0.6) is 11.5 Å². The van der Waals surface area contributed by atoms with Crippen molar-refractivity contribution in [1.29, 1.82) is 0 Å². The topological polar surface area (TPSA) is 86.7 Å². The van der Waals surface area contributed by atoms with E-state index in [0.29, 0.717) is 0 Å². The van der Waals surface area contributed by atoms with Crippen molar-refractivity contribution >= 4 is 43.4 Å². The third-order valence-electron chi connectivity index (χ3n) is 3.86. The highest BCUT2D eigenvalue weighted by atomic mass is 35.5. The smallest absolute Gasteiger partial charge is 0.376 e. The Kier molecular flexibility index (Phi) is 7.25. The Bertz CT molecular complexity index is 1130. The second-order valence-corrected chi connectivity index (χ2v) is 9.94. The maximum absolute atomic E-state index is 12.4. The maximum atomic E-state index is 12.4. The third-order valence-corrected chi connectivity index (χ3v) is 6.47. The molecule has 16 heteroatoms. The molecule has 0 saturated carbocycles. The van der Waals surface area contributed by atoms with Crippen molar-refractivity contribution in [3.05, 3.63) is 57.6 Å². The molecule has 0 bridgehead atoms. The van der Waals surface area contributed by atoms with Crippen LogP contribution in [0.3, 0.4) is 0 Å². The van der Waals surface area contributed by atoms with Gasteiger partial charge in [-0.15, -0.1) is 0 Å². The second-order valence-electron chi connectivity index (χ2n) is 6.05. The lowest BCUT2D eigenvalue weighted by Crippen LogP contribution is -2.28. The van der Waals surface area contributed by atoms with Crippen molar-refractivity contribution in [2.45, 2.75) is 23.9 Å². The quantitative estimate of drug-likeness (QED) is 0.266. The second kappa shape index (κ2) is 8.80. The molecule has 178 valence electrons. The molecular weight excluding hydrogens is 537 g/mol. The highest BCUT2D eigenvalue weighted by Crippen LogP contribution is 2.38. The van der Waals surface area contributed by atoms with Crippen molar-refractivity contribution in [2.75, 3.05) is 0 Å². The predicted octanol–water partition coefficient (Wildman–Crippen LogP) is 5.60. The zero-order valence-corrected chi connectivity index (χ0v) is 18.5. The molecule has 0 fully saturated rings. The minimum atomic E-state index is -5.91. The SMILES string of the molecule is CC(c1ccc(OS(=O)(=O)C(F)(F)F)cc1Cl)c1ccc(OS(=O)(=O)C(F)(F)F)cc1Cl. The van der Waals surface area contributed by atoms with Gasteiger partial charge in [0, 0.05) is 28.1 Å². The summed E-state index contributed by atoms with van der Waals surface area (Å²) in [6, 6.07) is 5.76. The number of alkyl halides is 6. The van der Waals surface area contributed by atoms with Crippen LogP contribution in [0, 0.1) is 0 Å². The minimum absolute atomic E-state index is 0.205. The van der Waals surface area contributed by atoms with Gasteiger partial charge in [0.2, 0.25) is 0 Å². The van der Waals surface area contributed by atoms with Crippen molar-refractivity contribution in [1.82, 2.24) is 0 Å². The van der Waals surface area contributed by atoms with Crippen LogP contribution in [0.2, 0.25) is 10.0 Å². The molecule has 0 aliphatic rings. The molecule has 0 aliphatic heterocycles. The zero-order chi connectivity index (χ0) is 24.7. The first-order valence-corrected chi connectivity index (χ1v) is 11.5. The third kappa shape index (κ3) is 5.71. The first-order chi connectivity index (χ1) is 14.4. The number of halogens is 8. The highest BCUT2D eigenvalue weighted by Gasteiger charge is 2.49. The number of rotatable bonds is 6. The molecule has 0 amide bonds. The molecule has 0 aromatic heterocycles. The van der Waals surface area contributed by atoms with E-state index in [9.17, 15) is 43.2 Å². The fraction of sp³-hybridized carbons (Fsp3) is 0.250. The molecule has 0 aliphatic carbocycles. The molecule has 0 atom stereocenters. The van der Waals surface area contributed by atoms with Crippen LogP contribution in [0.1, 0.15) is 24.0 Å². The largest absolute Gasteiger partial charge is 0.534 e. The molecule has 0 heterocycles. The van der Waals surface area contributed by atoms with E-state index in [-0.39, 0.29) is 21.2 Å². The summed E-state index contributed by atoms with van der Waals surface area (Å²) >= 11 is 12.0. The molecule has 2 aromatic rings. The van der Waals surface area contributed by atoms with Crippen LogP contribution < -0.4 is 8.37 Å². The summed E-state index contributed by atoms with van der Waals surface area (Å²) in [6.07, 6.45) is 0. The lowest BCUT2D eigenvalue weighted by atomic mass is 9.93. The number of benzene rings is 2. The average molecular weight is 547 g/mol. The van der Waals surface area contributed by atoms with E-state index in [0.717, 1.165) is 36.4 Å². The van der Waals surface area contributed by atoms with Gasteiger partial charge in [-0.1, -0.05) is 42.3 Å². The van der Waals surface area contributed by atoms with Gasteiger partial charge < -0.3 is 8.37 Å². The normalized spacial score (nSPS) is 13.3. The first-order valence-electron chi connectivity index (χ1n) is 7.96. The number of hydrogen-bond acceptors (Lipinski definition) is 6. The summed E-state index contributed by atoms with van der Waals surface area (Å²) < 4.78 is 127. The molecular formula is C16H10Cl2F6O6S2. The van der Waals surface area contributed by atoms with Crippen LogP contribution in [0.4, 0.5) is 26.3 Å². The Hall–Kier alpha value is -1.90. The van der Waals surface area contributed by atoms with Gasteiger partial charge in [0.05, 0.1) is 0 Å². The molecule has 0 radical (unpaired) electrons. The van der Waals surface area contributed by atoms with E-state index < -0.39 is 48.7 Å². The molecule has 0 saturated heterocycles. The molecule has 2 rings (SSSR count). The van der Waals surface area contributed by atoms with Crippen molar-refractivity contribution in [3.8, 4) is 11.5 Å². The Labute approximate surface area is 187 Å². The van der Waals surface area contributed by atoms with Crippen molar-refractivity contribution in [3.63, 3.8) is 0 Å². The van der Waals surface area contributed by atoms with E-state index in [1.165, 1.54) is 6.92 Å². The minimum Gasteiger partial charge on any atom is -0.376 e. The molecule has 2 aromatic carbocycles. The Morgan fingerprint density at radius 3 is 1.28 bits per heavy atom. The van der Waals surface area contributed by atoms with E-state index >= 15 is 0 Å². The van der Waals surface area contributed by atoms with Gasteiger partial charge in [-0.2, -0.15) is 43.2 Å². The fourth-order valence-electron chi connectivity index (χ4n) is 2.34. The summed E-state index contributed by atoms with van der Waals surface area (Å²) in [4.78, 5) is 0. The molecule has 0 N–H and O–H groups in total. The molecule has 0 unspecified atom stereocenters. The van der Waals surface area contributed by atoms with E-state index in [1.54, 1.807) is 0 Å². The van der Waals surface area contributed by atoms with Crippen LogP contribution in [-0.4, -0.2) is 27.9 Å². The average Bonchev–Trinajstić information content (AvgIpc) is 2.58. The zero-order valence-electron chi connectivity index (χ0n) is 15.3. The van der Waals surface area contributed by atoms with Crippen LogP contribution in [0.25, 0.3) is 0 Å². The van der Waals surface area contributed by atoms with Gasteiger partial charge >= 0.3 is 31.3 Å². The lowest BCUT2D eigenvalue weighted by molar-refractivity contribution is -0.0504. The van der Waals surface area contributed by atoms with Gasteiger partial charge in [-0.3, -0.25) is 0 Å².